The number of ether oxygens (including phenoxy) is 1. The lowest BCUT2D eigenvalue weighted by molar-refractivity contribution is 0.0905. The summed E-state index contributed by atoms with van der Waals surface area (Å²) >= 11 is 0. The number of nitrogens with one attached hydrogen (secondary N) is 3. The van der Waals surface area contributed by atoms with Gasteiger partial charge in [-0.05, 0) is 38.5 Å². The first kappa shape index (κ1) is 18.0. The molecule has 1 aromatic rings. The summed E-state index contributed by atoms with van der Waals surface area (Å²) in [5.41, 5.74) is 1.51. The first-order chi connectivity index (χ1) is 10.4. The second-order valence-electron chi connectivity index (χ2n) is 5.51. The minimum Gasteiger partial charge on any atom is -0.383 e. The number of methoxy groups -OCH3 is 1. The van der Waals surface area contributed by atoms with Crippen molar-refractivity contribution in [1.29, 1.82) is 0 Å². The maximum atomic E-state index is 12.0. The second kappa shape index (κ2) is 9.04. The predicted octanol–water partition coefficient (Wildman–Crippen LogP) is 1.66. The summed E-state index contributed by atoms with van der Waals surface area (Å²) in [7, 11) is 1.60. The number of hydrogen-bond donors (Lipinski definition) is 3. The van der Waals surface area contributed by atoms with E-state index in [1.54, 1.807) is 19.2 Å². The molecule has 0 bridgehead atoms. The van der Waals surface area contributed by atoms with Crippen LogP contribution in [0.3, 0.4) is 0 Å². The molecule has 6 heteroatoms. The van der Waals surface area contributed by atoms with Crippen LogP contribution in [0.2, 0.25) is 0 Å². The van der Waals surface area contributed by atoms with E-state index in [-0.39, 0.29) is 24.0 Å². The van der Waals surface area contributed by atoms with Gasteiger partial charge in [0, 0.05) is 31.3 Å². The minimum absolute atomic E-state index is 0.0430. The molecule has 1 atom stereocenters. The van der Waals surface area contributed by atoms with Gasteiger partial charge in [0.05, 0.1) is 6.61 Å². The van der Waals surface area contributed by atoms with Gasteiger partial charge in [-0.25, -0.2) is 4.79 Å². The van der Waals surface area contributed by atoms with Crippen LogP contribution in [0.15, 0.2) is 24.3 Å². The van der Waals surface area contributed by atoms with Crippen LogP contribution in [-0.4, -0.2) is 37.7 Å². The third-order valence-corrected chi connectivity index (χ3v) is 2.88. The van der Waals surface area contributed by atoms with E-state index in [0.717, 1.165) is 5.56 Å². The average Bonchev–Trinajstić information content (AvgIpc) is 2.45. The van der Waals surface area contributed by atoms with Crippen molar-refractivity contribution in [1.82, 2.24) is 16.0 Å². The highest BCUT2D eigenvalue weighted by Gasteiger charge is 2.09. The van der Waals surface area contributed by atoms with Crippen molar-refractivity contribution in [2.75, 3.05) is 13.7 Å². The number of carbonyl (C=O) groups excluding carboxylic acids is 2. The highest BCUT2D eigenvalue weighted by atomic mass is 16.5. The Kier molecular flexibility index (Phi) is 7.39. The Bertz CT molecular complexity index is 486. The van der Waals surface area contributed by atoms with Crippen LogP contribution < -0.4 is 16.0 Å². The zero-order chi connectivity index (χ0) is 16.5. The zero-order valence-corrected chi connectivity index (χ0v) is 13.6. The first-order valence-corrected chi connectivity index (χ1v) is 7.35. The van der Waals surface area contributed by atoms with E-state index in [4.69, 9.17) is 4.74 Å². The number of urea groups is 1. The molecule has 3 N–H and O–H groups in total. The summed E-state index contributed by atoms with van der Waals surface area (Å²) in [6, 6.07) is 6.99. The Balaban J connectivity index is 2.49. The van der Waals surface area contributed by atoms with Gasteiger partial charge in [0.15, 0.2) is 0 Å². The molecule has 3 amide bonds. The monoisotopic (exact) mass is 307 g/mol. The van der Waals surface area contributed by atoms with E-state index in [1.165, 1.54) is 0 Å². The molecule has 0 aliphatic carbocycles. The molecule has 0 radical (unpaired) electrons. The molecular weight excluding hydrogens is 282 g/mol. The molecule has 0 aliphatic rings. The van der Waals surface area contributed by atoms with Gasteiger partial charge in [-0.3, -0.25) is 4.79 Å². The third-order valence-electron chi connectivity index (χ3n) is 2.88. The highest BCUT2D eigenvalue weighted by Crippen LogP contribution is 2.05. The largest absolute Gasteiger partial charge is 0.383 e. The van der Waals surface area contributed by atoms with Crippen molar-refractivity contribution < 1.29 is 14.3 Å². The van der Waals surface area contributed by atoms with E-state index in [9.17, 15) is 9.59 Å². The van der Waals surface area contributed by atoms with Crippen molar-refractivity contribution in [3.8, 4) is 0 Å². The van der Waals surface area contributed by atoms with Gasteiger partial charge in [-0.1, -0.05) is 12.1 Å². The normalized spacial score (nSPS) is 11.9. The van der Waals surface area contributed by atoms with Crippen LogP contribution in [0.1, 0.15) is 36.7 Å². The smallest absolute Gasteiger partial charge is 0.315 e. The zero-order valence-electron chi connectivity index (χ0n) is 13.6. The van der Waals surface area contributed by atoms with Crippen LogP contribution in [0.25, 0.3) is 0 Å². The molecule has 0 spiro atoms. The molecule has 22 heavy (non-hydrogen) atoms. The van der Waals surface area contributed by atoms with Crippen LogP contribution in [0.5, 0.6) is 0 Å². The van der Waals surface area contributed by atoms with Crippen molar-refractivity contribution in [3.63, 3.8) is 0 Å². The summed E-state index contributed by atoms with van der Waals surface area (Å²) in [5, 5.41) is 8.36. The van der Waals surface area contributed by atoms with Gasteiger partial charge in [-0.15, -0.1) is 0 Å². The Labute approximate surface area is 131 Å². The molecule has 1 rings (SSSR count). The Morgan fingerprint density at radius 3 is 2.27 bits per heavy atom. The number of carbonyl (C=O) groups is 2. The number of rotatable bonds is 7. The lowest BCUT2D eigenvalue weighted by Crippen LogP contribution is -2.39. The molecule has 0 aliphatic heterocycles. The van der Waals surface area contributed by atoms with Gasteiger partial charge in [-0.2, -0.15) is 0 Å². The maximum absolute atomic E-state index is 12.0. The second-order valence-corrected chi connectivity index (χ2v) is 5.51. The molecule has 6 nitrogen and oxygen atoms in total. The summed E-state index contributed by atoms with van der Waals surface area (Å²) in [6.45, 7) is 6.57. The van der Waals surface area contributed by atoms with E-state index in [1.807, 2.05) is 32.9 Å². The molecule has 1 aromatic carbocycles. The Morgan fingerprint density at radius 1 is 1.09 bits per heavy atom. The van der Waals surface area contributed by atoms with Crippen LogP contribution in [0.4, 0.5) is 4.79 Å². The maximum Gasteiger partial charge on any atom is 0.315 e. The molecule has 0 fully saturated rings. The number of hydrogen-bond acceptors (Lipinski definition) is 3. The lowest BCUT2D eigenvalue weighted by Gasteiger charge is -2.13. The Morgan fingerprint density at radius 2 is 1.73 bits per heavy atom. The molecule has 122 valence electrons. The third kappa shape index (κ3) is 6.58. The topological polar surface area (TPSA) is 79.5 Å². The SMILES string of the molecule is COC[C@@H](C)NC(=O)c1ccc(CNC(=O)NC(C)C)cc1. The van der Waals surface area contributed by atoms with Crippen molar-refractivity contribution in [3.05, 3.63) is 35.4 Å². The average molecular weight is 307 g/mol. The van der Waals surface area contributed by atoms with E-state index in [0.29, 0.717) is 18.7 Å². The molecule has 0 unspecified atom stereocenters. The fraction of sp³-hybridized carbons (Fsp3) is 0.500. The van der Waals surface area contributed by atoms with Crippen molar-refractivity contribution in [2.45, 2.75) is 39.4 Å². The van der Waals surface area contributed by atoms with Gasteiger partial charge < -0.3 is 20.7 Å². The van der Waals surface area contributed by atoms with Crippen LogP contribution >= 0.6 is 0 Å². The van der Waals surface area contributed by atoms with Gasteiger partial charge in [0.25, 0.3) is 5.91 Å². The molecular formula is C16H25N3O3. The lowest BCUT2D eigenvalue weighted by atomic mass is 10.1. The predicted molar refractivity (Wildman–Crippen MR) is 85.8 cm³/mol. The number of amides is 3. The highest BCUT2D eigenvalue weighted by molar-refractivity contribution is 5.94. The van der Waals surface area contributed by atoms with Gasteiger partial charge in [0.1, 0.15) is 0 Å². The molecule has 0 aromatic heterocycles. The van der Waals surface area contributed by atoms with E-state index < -0.39 is 0 Å². The summed E-state index contributed by atoms with van der Waals surface area (Å²) < 4.78 is 4.98. The van der Waals surface area contributed by atoms with Crippen LogP contribution in [-0.2, 0) is 11.3 Å². The fourth-order valence-corrected chi connectivity index (χ4v) is 1.87. The molecule has 0 heterocycles. The number of benzene rings is 1. The first-order valence-electron chi connectivity index (χ1n) is 7.35. The van der Waals surface area contributed by atoms with Gasteiger partial charge in [0.2, 0.25) is 0 Å². The minimum atomic E-state index is -0.204. The fourth-order valence-electron chi connectivity index (χ4n) is 1.87. The van der Waals surface area contributed by atoms with Gasteiger partial charge >= 0.3 is 6.03 Å². The summed E-state index contributed by atoms with van der Waals surface area (Å²) in [6.07, 6.45) is 0. The van der Waals surface area contributed by atoms with E-state index in [2.05, 4.69) is 16.0 Å². The summed E-state index contributed by atoms with van der Waals surface area (Å²) in [4.78, 5) is 23.5. The van der Waals surface area contributed by atoms with Crippen LogP contribution in [0, 0.1) is 0 Å². The summed E-state index contributed by atoms with van der Waals surface area (Å²) in [5.74, 6) is -0.137. The van der Waals surface area contributed by atoms with Crippen molar-refractivity contribution in [2.24, 2.45) is 0 Å². The Hall–Kier alpha value is -2.08. The quantitative estimate of drug-likeness (QED) is 0.717. The standard InChI is InChI=1S/C16H25N3O3/c1-11(2)18-16(21)17-9-13-5-7-14(8-6-13)15(20)19-12(3)10-22-4/h5-8,11-12H,9-10H2,1-4H3,(H,19,20)(H2,17,18,21)/t12-/m1/s1. The van der Waals surface area contributed by atoms with Crippen molar-refractivity contribution >= 4 is 11.9 Å². The van der Waals surface area contributed by atoms with E-state index >= 15 is 0 Å². The molecule has 0 saturated heterocycles. The molecule has 0 saturated carbocycles.